The number of nitrogens with zero attached hydrogens (tertiary/aromatic N) is 1. The van der Waals surface area contributed by atoms with Crippen LogP contribution in [0.4, 0.5) is 0 Å². The van der Waals surface area contributed by atoms with E-state index in [1.54, 1.807) is 0 Å². The number of carbonyl (C=O) groups excluding carboxylic acids is 1. The van der Waals surface area contributed by atoms with Crippen molar-refractivity contribution in [3.05, 3.63) is 0 Å². The smallest absolute Gasteiger partial charge is 0.237 e. The standard InChI is InChI=1S/C16H30N2O2/c1-11-5-4-6-15(12(11)2)17-16(20)13(3)18-8-7-14(9-18)10-19/h11-15,19H,4-10H2,1-3H3,(H,17,20). The zero-order valence-electron chi connectivity index (χ0n) is 13.1. The van der Waals surface area contributed by atoms with E-state index in [0.29, 0.717) is 23.8 Å². The fourth-order valence-electron chi connectivity index (χ4n) is 3.62. The molecule has 2 fully saturated rings. The lowest BCUT2D eigenvalue weighted by molar-refractivity contribution is -0.127. The highest BCUT2D eigenvalue weighted by atomic mass is 16.3. The molecule has 1 saturated carbocycles. The van der Waals surface area contributed by atoms with Crippen LogP contribution < -0.4 is 5.32 Å². The Labute approximate surface area is 122 Å². The van der Waals surface area contributed by atoms with Gasteiger partial charge in [0.2, 0.25) is 5.91 Å². The molecule has 1 saturated heterocycles. The Morgan fingerprint density at radius 1 is 1.35 bits per heavy atom. The molecule has 4 heteroatoms. The van der Waals surface area contributed by atoms with E-state index < -0.39 is 0 Å². The minimum atomic E-state index is -0.0732. The number of likely N-dealkylation sites (tertiary alicyclic amines) is 1. The molecular weight excluding hydrogens is 252 g/mol. The van der Waals surface area contributed by atoms with Crippen LogP contribution in [0.25, 0.3) is 0 Å². The van der Waals surface area contributed by atoms with Gasteiger partial charge in [0.15, 0.2) is 0 Å². The molecule has 1 aliphatic carbocycles. The highest BCUT2D eigenvalue weighted by Gasteiger charge is 2.32. The maximum Gasteiger partial charge on any atom is 0.237 e. The van der Waals surface area contributed by atoms with Crippen molar-refractivity contribution in [3.63, 3.8) is 0 Å². The Bertz CT molecular complexity index is 334. The van der Waals surface area contributed by atoms with Crippen molar-refractivity contribution in [2.24, 2.45) is 17.8 Å². The van der Waals surface area contributed by atoms with Crippen LogP contribution in [0.1, 0.15) is 46.5 Å². The van der Waals surface area contributed by atoms with Crippen LogP contribution in [0.5, 0.6) is 0 Å². The maximum atomic E-state index is 12.4. The molecule has 5 atom stereocenters. The molecule has 0 aromatic heterocycles. The fourth-order valence-corrected chi connectivity index (χ4v) is 3.62. The van der Waals surface area contributed by atoms with Crippen LogP contribution >= 0.6 is 0 Å². The first-order chi connectivity index (χ1) is 9.52. The number of aliphatic hydroxyl groups is 1. The third-order valence-corrected chi connectivity index (χ3v) is 5.54. The molecule has 1 amide bonds. The summed E-state index contributed by atoms with van der Waals surface area (Å²) in [4.78, 5) is 14.6. The predicted molar refractivity (Wildman–Crippen MR) is 80.3 cm³/mol. The number of rotatable bonds is 4. The molecule has 0 bridgehead atoms. The van der Waals surface area contributed by atoms with Gasteiger partial charge in [0, 0.05) is 19.2 Å². The summed E-state index contributed by atoms with van der Waals surface area (Å²) in [6.07, 6.45) is 4.63. The summed E-state index contributed by atoms with van der Waals surface area (Å²) in [5.41, 5.74) is 0. The Morgan fingerprint density at radius 2 is 2.10 bits per heavy atom. The molecular formula is C16H30N2O2. The molecule has 4 nitrogen and oxygen atoms in total. The van der Waals surface area contributed by atoms with Gasteiger partial charge in [-0.3, -0.25) is 9.69 Å². The van der Waals surface area contributed by atoms with Crippen LogP contribution in [0.3, 0.4) is 0 Å². The second-order valence-electron chi connectivity index (χ2n) is 6.89. The van der Waals surface area contributed by atoms with Gasteiger partial charge < -0.3 is 10.4 Å². The van der Waals surface area contributed by atoms with Crippen LogP contribution in [-0.4, -0.2) is 47.7 Å². The highest BCUT2D eigenvalue weighted by molar-refractivity contribution is 5.81. The topological polar surface area (TPSA) is 52.6 Å². The van der Waals surface area contributed by atoms with E-state index in [4.69, 9.17) is 0 Å². The van der Waals surface area contributed by atoms with Gasteiger partial charge in [-0.2, -0.15) is 0 Å². The summed E-state index contributed by atoms with van der Waals surface area (Å²) in [7, 11) is 0. The number of nitrogens with one attached hydrogen (secondary N) is 1. The molecule has 2 N–H and O–H groups in total. The van der Waals surface area contributed by atoms with Crippen LogP contribution in [0.2, 0.25) is 0 Å². The van der Waals surface area contributed by atoms with Crippen molar-refractivity contribution >= 4 is 5.91 Å². The number of hydrogen-bond acceptors (Lipinski definition) is 3. The van der Waals surface area contributed by atoms with Gasteiger partial charge in [0.25, 0.3) is 0 Å². The maximum absolute atomic E-state index is 12.4. The van der Waals surface area contributed by atoms with Crippen LogP contribution in [0.15, 0.2) is 0 Å². The van der Waals surface area contributed by atoms with E-state index in [9.17, 15) is 9.90 Å². The van der Waals surface area contributed by atoms with Crippen molar-refractivity contribution in [1.29, 1.82) is 0 Å². The average Bonchev–Trinajstić information content (AvgIpc) is 2.91. The lowest BCUT2D eigenvalue weighted by Gasteiger charge is -2.36. The highest BCUT2D eigenvalue weighted by Crippen LogP contribution is 2.29. The molecule has 0 aromatic rings. The third-order valence-electron chi connectivity index (χ3n) is 5.54. The number of aliphatic hydroxyl groups excluding tert-OH is 1. The zero-order valence-corrected chi connectivity index (χ0v) is 13.1. The van der Waals surface area contributed by atoms with Gasteiger partial charge in [0.1, 0.15) is 0 Å². The predicted octanol–water partition coefficient (Wildman–Crippen LogP) is 1.63. The van der Waals surface area contributed by atoms with E-state index in [2.05, 4.69) is 24.1 Å². The molecule has 0 radical (unpaired) electrons. The molecule has 0 aromatic carbocycles. The molecule has 2 rings (SSSR count). The van der Waals surface area contributed by atoms with Crippen molar-refractivity contribution in [3.8, 4) is 0 Å². The zero-order chi connectivity index (χ0) is 14.7. The first-order valence-electron chi connectivity index (χ1n) is 8.18. The molecule has 2 aliphatic rings. The average molecular weight is 282 g/mol. The monoisotopic (exact) mass is 282 g/mol. The largest absolute Gasteiger partial charge is 0.396 e. The lowest BCUT2D eigenvalue weighted by Crippen LogP contribution is -2.51. The van der Waals surface area contributed by atoms with Crippen LogP contribution in [-0.2, 0) is 4.79 Å². The van der Waals surface area contributed by atoms with Gasteiger partial charge in [-0.15, -0.1) is 0 Å². The number of amides is 1. The van der Waals surface area contributed by atoms with Gasteiger partial charge in [-0.25, -0.2) is 0 Å². The van der Waals surface area contributed by atoms with E-state index >= 15 is 0 Å². The Kier molecular flexibility index (Phi) is 5.44. The quantitative estimate of drug-likeness (QED) is 0.824. The molecule has 1 aliphatic heterocycles. The summed E-state index contributed by atoms with van der Waals surface area (Å²) in [6, 6.07) is 0.265. The van der Waals surface area contributed by atoms with E-state index in [1.165, 1.54) is 12.8 Å². The minimum absolute atomic E-state index is 0.0732. The third kappa shape index (κ3) is 3.53. The summed E-state index contributed by atoms with van der Waals surface area (Å²) in [5, 5.41) is 12.5. The van der Waals surface area contributed by atoms with E-state index in [0.717, 1.165) is 25.9 Å². The molecule has 0 spiro atoms. The van der Waals surface area contributed by atoms with Crippen molar-refractivity contribution in [2.45, 2.75) is 58.5 Å². The Morgan fingerprint density at radius 3 is 2.75 bits per heavy atom. The van der Waals surface area contributed by atoms with Crippen LogP contribution in [0, 0.1) is 17.8 Å². The summed E-state index contributed by atoms with van der Waals surface area (Å²) >= 11 is 0. The van der Waals surface area contributed by atoms with Gasteiger partial charge in [-0.1, -0.05) is 26.7 Å². The minimum Gasteiger partial charge on any atom is -0.396 e. The first-order valence-corrected chi connectivity index (χ1v) is 8.18. The SMILES string of the molecule is CC1CCCC(NC(=O)C(C)N2CCC(CO)C2)C1C. The number of carbonyl (C=O) groups is 1. The summed E-state index contributed by atoms with van der Waals surface area (Å²) in [5.74, 6) is 1.78. The van der Waals surface area contributed by atoms with Crippen molar-refractivity contribution < 1.29 is 9.90 Å². The number of hydrogen-bond donors (Lipinski definition) is 2. The van der Waals surface area contributed by atoms with Gasteiger partial charge >= 0.3 is 0 Å². The summed E-state index contributed by atoms with van der Waals surface area (Å²) < 4.78 is 0. The second-order valence-corrected chi connectivity index (χ2v) is 6.89. The van der Waals surface area contributed by atoms with E-state index in [1.807, 2.05) is 6.92 Å². The Hall–Kier alpha value is -0.610. The lowest BCUT2D eigenvalue weighted by atomic mass is 9.78. The normalized spacial score (nSPS) is 36.8. The first kappa shape index (κ1) is 15.8. The second kappa shape index (κ2) is 6.90. The molecule has 5 unspecified atom stereocenters. The fraction of sp³-hybridized carbons (Fsp3) is 0.938. The van der Waals surface area contributed by atoms with E-state index in [-0.39, 0.29) is 18.6 Å². The summed E-state index contributed by atoms with van der Waals surface area (Å²) in [6.45, 7) is 8.56. The molecule has 116 valence electrons. The van der Waals surface area contributed by atoms with Gasteiger partial charge in [-0.05, 0) is 44.1 Å². The molecule has 20 heavy (non-hydrogen) atoms. The molecule has 1 heterocycles. The van der Waals surface area contributed by atoms with Crippen molar-refractivity contribution in [1.82, 2.24) is 10.2 Å². The Balaban J connectivity index is 1.85. The van der Waals surface area contributed by atoms with Crippen molar-refractivity contribution in [2.75, 3.05) is 19.7 Å². The van der Waals surface area contributed by atoms with Gasteiger partial charge in [0.05, 0.1) is 6.04 Å².